The third-order valence-corrected chi connectivity index (χ3v) is 5.01. The first-order chi connectivity index (χ1) is 12.8. The van der Waals surface area contributed by atoms with E-state index < -0.39 is 5.91 Å². The molecule has 0 aliphatic carbocycles. The van der Waals surface area contributed by atoms with E-state index in [1.165, 1.54) is 19.3 Å². The minimum absolute atomic E-state index is 0.0157. The number of carbonyl (C=O) groups excluding carboxylic acids is 2. The van der Waals surface area contributed by atoms with Crippen LogP contribution in [0, 0.1) is 17.2 Å². The second-order valence-electron chi connectivity index (χ2n) is 6.62. The largest absolute Gasteiger partial charge is 0.366 e. The zero-order chi connectivity index (χ0) is 19.7. The van der Waals surface area contributed by atoms with Crippen molar-refractivity contribution in [2.75, 3.05) is 10.2 Å². The molecule has 8 heteroatoms. The van der Waals surface area contributed by atoms with Crippen LogP contribution in [0.5, 0.6) is 0 Å². The molecule has 3 atom stereocenters. The Morgan fingerprint density at radius 2 is 2.00 bits per heavy atom. The van der Waals surface area contributed by atoms with Crippen molar-refractivity contribution in [2.45, 2.75) is 32.9 Å². The van der Waals surface area contributed by atoms with Gasteiger partial charge in [0.1, 0.15) is 11.9 Å². The Kier molecular flexibility index (Phi) is 4.77. The van der Waals surface area contributed by atoms with Gasteiger partial charge < -0.3 is 16.0 Å². The third-order valence-electron chi connectivity index (χ3n) is 5.01. The molecule has 8 nitrogen and oxygen atoms in total. The van der Waals surface area contributed by atoms with E-state index in [1.54, 1.807) is 17.0 Å². The van der Waals surface area contributed by atoms with E-state index in [-0.39, 0.29) is 29.6 Å². The van der Waals surface area contributed by atoms with Gasteiger partial charge in [-0.2, -0.15) is 5.26 Å². The lowest BCUT2D eigenvalue weighted by atomic mass is 9.81. The SMILES string of the molecule is CC(=O)N1c2c(C(N)=O)cccc2[C@H](Nc2cnc(C#N)cn2)[C@@H](C)[C@@H]1C. The Morgan fingerprint density at radius 1 is 1.26 bits per heavy atom. The highest BCUT2D eigenvalue weighted by molar-refractivity contribution is 6.05. The zero-order valence-corrected chi connectivity index (χ0v) is 15.3. The van der Waals surface area contributed by atoms with Crippen LogP contribution in [0.1, 0.15) is 48.4 Å². The summed E-state index contributed by atoms with van der Waals surface area (Å²) in [7, 11) is 0. The van der Waals surface area contributed by atoms with Crippen LogP contribution in [0.2, 0.25) is 0 Å². The molecule has 2 amide bonds. The van der Waals surface area contributed by atoms with E-state index in [1.807, 2.05) is 26.0 Å². The molecule has 27 heavy (non-hydrogen) atoms. The predicted molar refractivity (Wildman–Crippen MR) is 99.9 cm³/mol. The quantitative estimate of drug-likeness (QED) is 0.858. The van der Waals surface area contributed by atoms with Crippen LogP contribution in [-0.4, -0.2) is 27.8 Å². The summed E-state index contributed by atoms with van der Waals surface area (Å²) < 4.78 is 0. The number of primary amides is 1. The highest BCUT2D eigenvalue weighted by Crippen LogP contribution is 2.43. The van der Waals surface area contributed by atoms with Crippen molar-refractivity contribution in [1.29, 1.82) is 5.26 Å². The summed E-state index contributed by atoms with van der Waals surface area (Å²) in [6, 6.07) is 6.79. The molecule has 1 aliphatic heterocycles. The van der Waals surface area contributed by atoms with Crippen LogP contribution in [0.25, 0.3) is 0 Å². The molecular weight excluding hydrogens is 344 g/mol. The Bertz CT molecular complexity index is 934. The molecule has 0 unspecified atom stereocenters. The molecule has 2 heterocycles. The van der Waals surface area contributed by atoms with E-state index in [0.29, 0.717) is 17.1 Å². The van der Waals surface area contributed by atoms with Crippen molar-refractivity contribution in [2.24, 2.45) is 11.7 Å². The fourth-order valence-corrected chi connectivity index (χ4v) is 3.55. The Morgan fingerprint density at radius 3 is 2.56 bits per heavy atom. The number of nitriles is 1. The van der Waals surface area contributed by atoms with Crippen LogP contribution in [0.15, 0.2) is 30.6 Å². The van der Waals surface area contributed by atoms with E-state index in [9.17, 15) is 9.59 Å². The minimum atomic E-state index is -0.586. The molecule has 138 valence electrons. The molecule has 0 radical (unpaired) electrons. The van der Waals surface area contributed by atoms with Gasteiger partial charge in [0.2, 0.25) is 5.91 Å². The van der Waals surface area contributed by atoms with E-state index >= 15 is 0 Å². The highest BCUT2D eigenvalue weighted by atomic mass is 16.2. The topological polar surface area (TPSA) is 125 Å². The Hall–Kier alpha value is -3.47. The van der Waals surface area contributed by atoms with Crippen molar-refractivity contribution >= 4 is 23.3 Å². The van der Waals surface area contributed by atoms with Gasteiger partial charge in [-0.25, -0.2) is 9.97 Å². The first-order valence-electron chi connectivity index (χ1n) is 8.56. The van der Waals surface area contributed by atoms with Crippen molar-refractivity contribution < 1.29 is 9.59 Å². The lowest BCUT2D eigenvalue weighted by molar-refractivity contribution is -0.117. The lowest BCUT2D eigenvalue weighted by Gasteiger charge is -2.44. The lowest BCUT2D eigenvalue weighted by Crippen LogP contribution is -2.49. The first kappa shape index (κ1) is 18.3. The average molecular weight is 364 g/mol. The molecule has 1 aromatic heterocycles. The molecule has 0 spiro atoms. The fourth-order valence-electron chi connectivity index (χ4n) is 3.55. The van der Waals surface area contributed by atoms with Crippen LogP contribution in [0.3, 0.4) is 0 Å². The van der Waals surface area contributed by atoms with E-state index in [2.05, 4.69) is 15.3 Å². The molecule has 0 saturated carbocycles. The molecule has 2 aromatic rings. The number of rotatable bonds is 3. The number of benzene rings is 1. The van der Waals surface area contributed by atoms with Crippen LogP contribution in [0.4, 0.5) is 11.5 Å². The molecule has 3 N–H and O–H groups in total. The Labute approximate surface area is 157 Å². The van der Waals surface area contributed by atoms with Crippen molar-refractivity contribution in [3.63, 3.8) is 0 Å². The number of hydrogen-bond acceptors (Lipinski definition) is 6. The monoisotopic (exact) mass is 364 g/mol. The van der Waals surface area contributed by atoms with Crippen molar-refractivity contribution in [1.82, 2.24) is 9.97 Å². The molecule has 1 aliphatic rings. The molecular formula is C19H20N6O2. The van der Waals surface area contributed by atoms with Crippen LogP contribution in [-0.2, 0) is 4.79 Å². The summed E-state index contributed by atoms with van der Waals surface area (Å²) in [6.07, 6.45) is 2.88. The molecule has 0 saturated heterocycles. The van der Waals surface area contributed by atoms with Gasteiger partial charge in [0.25, 0.3) is 5.91 Å². The second kappa shape index (κ2) is 7.03. The van der Waals surface area contributed by atoms with Gasteiger partial charge >= 0.3 is 0 Å². The van der Waals surface area contributed by atoms with Gasteiger partial charge in [0.15, 0.2) is 5.69 Å². The third kappa shape index (κ3) is 3.19. The summed E-state index contributed by atoms with van der Waals surface area (Å²) in [5, 5.41) is 12.2. The number of aromatic nitrogens is 2. The van der Waals surface area contributed by atoms with Gasteiger partial charge in [-0.1, -0.05) is 19.1 Å². The van der Waals surface area contributed by atoms with Gasteiger partial charge in [-0.05, 0) is 18.6 Å². The normalized spacial score (nSPS) is 21.1. The van der Waals surface area contributed by atoms with Crippen LogP contribution >= 0.6 is 0 Å². The van der Waals surface area contributed by atoms with Crippen LogP contribution < -0.4 is 16.0 Å². The maximum atomic E-state index is 12.3. The molecule has 1 aromatic carbocycles. The zero-order valence-electron chi connectivity index (χ0n) is 15.3. The number of nitrogens with zero attached hydrogens (tertiary/aromatic N) is 4. The van der Waals surface area contributed by atoms with Crippen molar-refractivity contribution in [3.8, 4) is 6.07 Å². The number of fused-ring (bicyclic) bond motifs is 1. The first-order valence-corrected chi connectivity index (χ1v) is 8.56. The summed E-state index contributed by atoms with van der Waals surface area (Å²) in [5.41, 5.74) is 7.41. The Balaban J connectivity index is 2.11. The smallest absolute Gasteiger partial charge is 0.250 e. The van der Waals surface area contributed by atoms with Gasteiger partial charge in [-0.3, -0.25) is 9.59 Å². The predicted octanol–water partition coefficient (Wildman–Crippen LogP) is 1.99. The average Bonchev–Trinajstić information content (AvgIpc) is 2.65. The summed E-state index contributed by atoms with van der Waals surface area (Å²) in [4.78, 5) is 34.2. The van der Waals surface area contributed by atoms with E-state index in [4.69, 9.17) is 11.0 Å². The highest BCUT2D eigenvalue weighted by Gasteiger charge is 2.40. The van der Waals surface area contributed by atoms with Gasteiger partial charge in [0, 0.05) is 18.9 Å². The maximum absolute atomic E-state index is 12.3. The fraction of sp³-hybridized carbons (Fsp3) is 0.316. The summed E-state index contributed by atoms with van der Waals surface area (Å²) in [6.45, 7) is 5.44. The van der Waals surface area contributed by atoms with Gasteiger partial charge in [0.05, 0.1) is 29.7 Å². The van der Waals surface area contributed by atoms with Crippen molar-refractivity contribution in [3.05, 3.63) is 47.4 Å². The summed E-state index contributed by atoms with van der Waals surface area (Å²) >= 11 is 0. The number of carbonyl (C=O) groups is 2. The summed E-state index contributed by atoms with van der Waals surface area (Å²) in [5.74, 6) is -0.218. The molecule has 0 fully saturated rings. The second-order valence-corrected chi connectivity index (χ2v) is 6.62. The number of nitrogens with two attached hydrogens (primary N) is 1. The standard InChI is InChI=1S/C19H20N6O2/c1-10-11(2)25(12(3)26)18-14(5-4-6-15(18)19(21)27)17(10)24-16-9-22-13(7-20)8-23-16/h4-6,8-11,17H,1-3H3,(H2,21,27)(H,23,24)/t10-,11-,17+/m0/s1. The number of nitrogens with one attached hydrogen (secondary N) is 1. The maximum Gasteiger partial charge on any atom is 0.250 e. The van der Waals surface area contributed by atoms with Gasteiger partial charge in [-0.15, -0.1) is 0 Å². The minimum Gasteiger partial charge on any atom is -0.366 e. The number of para-hydroxylation sites is 1. The number of anilines is 2. The van der Waals surface area contributed by atoms with E-state index in [0.717, 1.165) is 5.56 Å². The molecule has 3 rings (SSSR count). The number of hydrogen-bond donors (Lipinski definition) is 2. The molecule has 0 bridgehead atoms. The number of amides is 2.